The molecule has 2 aliphatic heterocycles. The summed E-state index contributed by atoms with van der Waals surface area (Å²) >= 11 is 0. The summed E-state index contributed by atoms with van der Waals surface area (Å²) in [5.74, 6) is -0.0977. The number of furan rings is 1. The van der Waals surface area contributed by atoms with Gasteiger partial charge in [0, 0.05) is 32.7 Å². The Bertz CT molecular complexity index is 983. The first-order chi connectivity index (χ1) is 14.5. The first-order valence-electron chi connectivity index (χ1n) is 10.2. The molecule has 2 aliphatic rings. The smallest absolute Gasteiger partial charge is 0.289 e. The first-order valence-corrected chi connectivity index (χ1v) is 11.6. The Balaban J connectivity index is 1.45. The lowest BCUT2D eigenvalue weighted by Crippen LogP contribution is -2.57. The van der Waals surface area contributed by atoms with Crippen molar-refractivity contribution >= 4 is 21.8 Å². The predicted molar refractivity (Wildman–Crippen MR) is 109 cm³/mol. The van der Waals surface area contributed by atoms with E-state index in [1.165, 1.54) is 10.6 Å². The van der Waals surface area contributed by atoms with Gasteiger partial charge in [-0.25, -0.2) is 8.42 Å². The molecule has 1 unspecified atom stereocenters. The molecule has 2 aromatic rings. The van der Waals surface area contributed by atoms with Gasteiger partial charge in [0.2, 0.25) is 15.9 Å². The molecule has 4 rings (SSSR count). The highest BCUT2D eigenvalue weighted by atomic mass is 32.2. The van der Waals surface area contributed by atoms with Gasteiger partial charge in [0.15, 0.2) is 5.76 Å². The number of piperazine rings is 1. The number of rotatable bonds is 4. The van der Waals surface area contributed by atoms with Crippen molar-refractivity contribution in [1.29, 1.82) is 0 Å². The molecule has 1 aromatic carbocycles. The van der Waals surface area contributed by atoms with Gasteiger partial charge in [0.1, 0.15) is 6.04 Å². The Morgan fingerprint density at radius 1 is 0.867 bits per heavy atom. The van der Waals surface area contributed by atoms with Crippen molar-refractivity contribution in [3.63, 3.8) is 0 Å². The van der Waals surface area contributed by atoms with Crippen LogP contribution in [0.15, 0.2) is 58.0 Å². The fraction of sp³-hybridized carbons (Fsp3) is 0.429. The maximum atomic E-state index is 13.2. The van der Waals surface area contributed by atoms with E-state index in [1.807, 2.05) is 0 Å². The van der Waals surface area contributed by atoms with Crippen LogP contribution in [0.25, 0.3) is 0 Å². The summed E-state index contributed by atoms with van der Waals surface area (Å²) in [5, 5.41) is 0. The third kappa shape index (κ3) is 3.99. The maximum Gasteiger partial charge on any atom is 0.289 e. The molecule has 1 atom stereocenters. The molecule has 8 nitrogen and oxygen atoms in total. The topological polar surface area (TPSA) is 91.1 Å². The number of carbonyl (C=O) groups is 2. The number of hydrogen-bond acceptors (Lipinski definition) is 5. The Hall–Kier alpha value is -2.65. The second-order valence-corrected chi connectivity index (χ2v) is 9.43. The number of benzene rings is 1. The van der Waals surface area contributed by atoms with Crippen LogP contribution in [0.3, 0.4) is 0 Å². The molecule has 3 heterocycles. The van der Waals surface area contributed by atoms with Gasteiger partial charge in [-0.1, -0.05) is 24.6 Å². The van der Waals surface area contributed by atoms with Crippen molar-refractivity contribution in [1.82, 2.24) is 14.1 Å². The molecule has 9 heteroatoms. The molecule has 30 heavy (non-hydrogen) atoms. The number of sulfonamides is 1. The second-order valence-electron chi connectivity index (χ2n) is 7.54. The Kier molecular flexibility index (Phi) is 5.92. The Morgan fingerprint density at radius 3 is 2.23 bits per heavy atom. The van der Waals surface area contributed by atoms with Crippen LogP contribution >= 0.6 is 0 Å². The average Bonchev–Trinajstić information content (AvgIpc) is 3.34. The highest BCUT2D eigenvalue weighted by Crippen LogP contribution is 2.27. The molecule has 0 radical (unpaired) electrons. The van der Waals surface area contributed by atoms with Crippen molar-refractivity contribution < 1.29 is 22.4 Å². The zero-order valence-electron chi connectivity index (χ0n) is 16.6. The normalized spacial score (nSPS) is 20.9. The number of nitrogens with zero attached hydrogens (tertiary/aromatic N) is 3. The van der Waals surface area contributed by atoms with Gasteiger partial charge < -0.3 is 14.2 Å². The molecule has 0 bridgehead atoms. The van der Waals surface area contributed by atoms with Gasteiger partial charge in [-0.15, -0.1) is 0 Å². The number of hydrogen-bond donors (Lipinski definition) is 0. The van der Waals surface area contributed by atoms with E-state index in [4.69, 9.17) is 4.42 Å². The molecule has 0 spiro atoms. The fourth-order valence-corrected chi connectivity index (χ4v) is 5.74. The van der Waals surface area contributed by atoms with E-state index in [0.29, 0.717) is 39.1 Å². The molecule has 2 fully saturated rings. The molecule has 2 saturated heterocycles. The summed E-state index contributed by atoms with van der Waals surface area (Å²) in [7, 11) is -3.74. The van der Waals surface area contributed by atoms with Gasteiger partial charge in [0.05, 0.1) is 11.2 Å². The molecule has 160 valence electrons. The van der Waals surface area contributed by atoms with Gasteiger partial charge in [-0.2, -0.15) is 4.31 Å². The standard InChI is InChI=1S/C21H25N3O5S/c25-20(22-12-14-23(15-13-22)21(26)19-10-6-16-29-19)18-9-4-5-11-24(18)30(27,28)17-7-2-1-3-8-17/h1-3,6-8,10,16,18H,4-5,9,11-15H2. The van der Waals surface area contributed by atoms with Crippen LogP contribution in [-0.4, -0.2) is 73.1 Å². The van der Waals surface area contributed by atoms with E-state index in [1.54, 1.807) is 52.3 Å². The van der Waals surface area contributed by atoms with E-state index in [0.717, 1.165) is 12.8 Å². The average molecular weight is 432 g/mol. The van der Waals surface area contributed by atoms with Crippen LogP contribution in [0.4, 0.5) is 0 Å². The minimum absolute atomic E-state index is 0.181. The highest BCUT2D eigenvalue weighted by Gasteiger charge is 2.40. The van der Waals surface area contributed by atoms with Crippen LogP contribution in [0.1, 0.15) is 29.8 Å². The summed E-state index contributed by atoms with van der Waals surface area (Å²) in [5.41, 5.74) is 0. The summed E-state index contributed by atoms with van der Waals surface area (Å²) < 4.78 is 32.8. The molecule has 0 aliphatic carbocycles. The lowest BCUT2D eigenvalue weighted by Gasteiger charge is -2.40. The van der Waals surface area contributed by atoms with Gasteiger partial charge in [-0.05, 0) is 37.1 Å². The summed E-state index contributed by atoms with van der Waals surface area (Å²) in [6, 6.07) is 10.8. The molecule has 0 N–H and O–H groups in total. The summed E-state index contributed by atoms with van der Waals surface area (Å²) in [4.78, 5) is 29.2. The van der Waals surface area contributed by atoms with E-state index < -0.39 is 16.1 Å². The second kappa shape index (κ2) is 8.61. The van der Waals surface area contributed by atoms with Crippen molar-refractivity contribution in [3.8, 4) is 0 Å². The van der Waals surface area contributed by atoms with E-state index in [2.05, 4.69) is 0 Å². The molecule has 2 amide bonds. The van der Waals surface area contributed by atoms with Crippen LogP contribution in [0, 0.1) is 0 Å². The maximum absolute atomic E-state index is 13.2. The van der Waals surface area contributed by atoms with Crippen LogP contribution < -0.4 is 0 Å². The molecular weight excluding hydrogens is 406 g/mol. The van der Waals surface area contributed by atoms with Gasteiger partial charge in [-0.3, -0.25) is 9.59 Å². The van der Waals surface area contributed by atoms with Gasteiger partial charge in [0.25, 0.3) is 5.91 Å². The van der Waals surface area contributed by atoms with Crippen molar-refractivity contribution in [3.05, 3.63) is 54.5 Å². The monoisotopic (exact) mass is 431 g/mol. The predicted octanol–water partition coefficient (Wildman–Crippen LogP) is 1.81. The first kappa shape index (κ1) is 20.6. The number of carbonyl (C=O) groups excluding carboxylic acids is 2. The third-order valence-electron chi connectivity index (χ3n) is 5.70. The van der Waals surface area contributed by atoms with Crippen molar-refractivity contribution in [2.24, 2.45) is 0 Å². The molecular formula is C21H25N3O5S. The Morgan fingerprint density at radius 2 is 1.57 bits per heavy atom. The zero-order valence-corrected chi connectivity index (χ0v) is 17.5. The highest BCUT2D eigenvalue weighted by molar-refractivity contribution is 7.89. The van der Waals surface area contributed by atoms with Crippen LogP contribution in [0.5, 0.6) is 0 Å². The number of piperidine rings is 1. The minimum Gasteiger partial charge on any atom is -0.459 e. The minimum atomic E-state index is -3.74. The summed E-state index contributed by atoms with van der Waals surface area (Å²) in [6.07, 6.45) is 3.52. The van der Waals surface area contributed by atoms with E-state index >= 15 is 0 Å². The summed E-state index contributed by atoms with van der Waals surface area (Å²) in [6.45, 7) is 1.87. The van der Waals surface area contributed by atoms with Crippen molar-refractivity contribution in [2.45, 2.75) is 30.2 Å². The van der Waals surface area contributed by atoms with Crippen LogP contribution in [-0.2, 0) is 14.8 Å². The zero-order chi connectivity index (χ0) is 21.1. The van der Waals surface area contributed by atoms with E-state index in [9.17, 15) is 18.0 Å². The van der Waals surface area contributed by atoms with Crippen molar-refractivity contribution in [2.75, 3.05) is 32.7 Å². The number of amides is 2. The van der Waals surface area contributed by atoms with Crippen LogP contribution in [0.2, 0.25) is 0 Å². The van der Waals surface area contributed by atoms with E-state index in [-0.39, 0.29) is 22.5 Å². The SMILES string of the molecule is O=C(c1ccco1)N1CCN(C(=O)C2CCCCN2S(=O)(=O)c2ccccc2)CC1. The lowest BCUT2D eigenvalue weighted by molar-refractivity contribution is -0.137. The molecule has 0 saturated carbocycles. The quantitative estimate of drug-likeness (QED) is 0.736. The fourth-order valence-electron chi connectivity index (χ4n) is 4.06. The lowest BCUT2D eigenvalue weighted by atomic mass is 10.0. The third-order valence-corrected chi connectivity index (χ3v) is 7.62. The largest absolute Gasteiger partial charge is 0.459 e. The van der Waals surface area contributed by atoms with Gasteiger partial charge >= 0.3 is 0 Å². The molecule has 1 aromatic heterocycles. The Labute approximate surface area is 176 Å².